The van der Waals surface area contributed by atoms with E-state index in [1.165, 1.54) is 19.3 Å². The Morgan fingerprint density at radius 1 is 1.35 bits per heavy atom. The second-order valence-electron chi connectivity index (χ2n) is 5.92. The van der Waals surface area contributed by atoms with Gasteiger partial charge in [-0.15, -0.1) is 0 Å². The molecule has 0 bridgehead atoms. The molecule has 118 valence electrons. The van der Waals surface area contributed by atoms with Gasteiger partial charge < -0.3 is 15.7 Å². The molecule has 0 heterocycles. The molecule has 3 N–H and O–H groups in total. The predicted molar refractivity (Wildman–Crippen MR) is 86.2 cm³/mol. The van der Waals surface area contributed by atoms with Gasteiger partial charge in [0.2, 0.25) is 0 Å². The second-order valence-corrected chi connectivity index (χ2v) is 6.83. The summed E-state index contributed by atoms with van der Waals surface area (Å²) < 4.78 is 0. The Hall–Kier alpha value is -0.420. The first-order valence-electron chi connectivity index (χ1n) is 7.80. The summed E-state index contributed by atoms with van der Waals surface area (Å²) in [4.78, 5) is 12.0. The lowest BCUT2D eigenvalue weighted by Crippen LogP contribution is -2.47. The number of carbonyl (C=O) groups excluding carboxylic acids is 1. The number of nitrogens with one attached hydrogen (secondary N) is 2. The lowest BCUT2D eigenvalue weighted by atomic mass is 9.72. The molecule has 1 aliphatic carbocycles. The molecule has 1 atom stereocenters. The van der Waals surface area contributed by atoms with E-state index in [0.29, 0.717) is 6.54 Å². The SMILES string of the molecule is CCC(CSC)NC(=O)NCC1(CCO)CCCCC1. The lowest BCUT2D eigenvalue weighted by molar-refractivity contribution is 0.127. The van der Waals surface area contributed by atoms with Crippen LogP contribution in [0.5, 0.6) is 0 Å². The summed E-state index contributed by atoms with van der Waals surface area (Å²) in [7, 11) is 0. The van der Waals surface area contributed by atoms with Crippen LogP contribution in [0.1, 0.15) is 51.9 Å². The van der Waals surface area contributed by atoms with Crippen molar-refractivity contribution >= 4 is 17.8 Å². The Bertz CT molecular complexity index is 276. The van der Waals surface area contributed by atoms with Crippen LogP contribution in [0.3, 0.4) is 0 Å². The average molecular weight is 302 g/mol. The van der Waals surface area contributed by atoms with E-state index in [1.54, 1.807) is 11.8 Å². The molecule has 5 heteroatoms. The van der Waals surface area contributed by atoms with Crippen molar-refractivity contribution in [2.24, 2.45) is 5.41 Å². The molecule has 0 aromatic carbocycles. The molecule has 0 radical (unpaired) electrons. The quantitative estimate of drug-likeness (QED) is 0.646. The van der Waals surface area contributed by atoms with Crippen LogP contribution < -0.4 is 10.6 Å². The Morgan fingerprint density at radius 3 is 2.60 bits per heavy atom. The zero-order valence-corrected chi connectivity index (χ0v) is 13.7. The summed E-state index contributed by atoms with van der Waals surface area (Å²) >= 11 is 1.75. The normalized spacial score (nSPS) is 19.4. The molecule has 1 fully saturated rings. The third-order valence-corrected chi connectivity index (χ3v) is 5.11. The minimum atomic E-state index is -0.0613. The monoisotopic (exact) mass is 302 g/mol. The Kier molecular flexibility index (Phi) is 8.38. The smallest absolute Gasteiger partial charge is 0.315 e. The van der Waals surface area contributed by atoms with Crippen molar-refractivity contribution in [2.75, 3.05) is 25.2 Å². The van der Waals surface area contributed by atoms with E-state index < -0.39 is 0 Å². The minimum Gasteiger partial charge on any atom is -0.396 e. The zero-order chi connectivity index (χ0) is 14.8. The zero-order valence-electron chi connectivity index (χ0n) is 12.9. The summed E-state index contributed by atoms with van der Waals surface area (Å²) in [6.07, 6.45) is 9.77. The fourth-order valence-corrected chi connectivity index (χ4v) is 3.74. The van der Waals surface area contributed by atoms with Crippen molar-refractivity contribution in [3.63, 3.8) is 0 Å². The van der Waals surface area contributed by atoms with E-state index in [-0.39, 0.29) is 24.1 Å². The van der Waals surface area contributed by atoms with Gasteiger partial charge in [-0.25, -0.2) is 4.79 Å². The van der Waals surface area contributed by atoms with Gasteiger partial charge in [0.25, 0.3) is 0 Å². The average Bonchev–Trinajstić information content (AvgIpc) is 2.46. The van der Waals surface area contributed by atoms with Crippen molar-refractivity contribution < 1.29 is 9.90 Å². The topological polar surface area (TPSA) is 61.4 Å². The summed E-state index contributed by atoms with van der Waals surface area (Å²) in [5, 5.41) is 15.3. The van der Waals surface area contributed by atoms with Gasteiger partial charge in [-0.3, -0.25) is 0 Å². The first kappa shape index (κ1) is 17.6. The van der Waals surface area contributed by atoms with E-state index >= 15 is 0 Å². The fourth-order valence-electron chi connectivity index (χ4n) is 3.02. The van der Waals surface area contributed by atoms with Gasteiger partial charge in [-0.1, -0.05) is 26.2 Å². The van der Waals surface area contributed by atoms with Gasteiger partial charge in [0.05, 0.1) is 0 Å². The third kappa shape index (κ3) is 5.92. The molecule has 1 saturated carbocycles. The highest BCUT2D eigenvalue weighted by Crippen LogP contribution is 2.38. The molecule has 4 nitrogen and oxygen atoms in total. The van der Waals surface area contributed by atoms with Crippen LogP contribution in [0.2, 0.25) is 0 Å². The molecular formula is C15H30N2O2S. The number of thioether (sulfide) groups is 1. The predicted octanol–water partition coefficient (Wildman–Crippen LogP) is 2.76. The molecule has 1 rings (SSSR count). The Balaban J connectivity index is 2.40. The number of hydrogen-bond acceptors (Lipinski definition) is 3. The van der Waals surface area contributed by atoms with Crippen molar-refractivity contribution in [2.45, 2.75) is 57.9 Å². The first-order chi connectivity index (χ1) is 9.65. The largest absolute Gasteiger partial charge is 0.396 e. The van der Waals surface area contributed by atoms with Gasteiger partial charge in [-0.2, -0.15) is 11.8 Å². The van der Waals surface area contributed by atoms with Crippen LogP contribution in [0.4, 0.5) is 4.79 Å². The Morgan fingerprint density at radius 2 is 2.05 bits per heavy atom. The van der Waals surface area contributed by atoms with Gasteiger partial charge in [0.1, 0.15) is 0 Å². The van der Waals surface area contributed by atoms with Crippen LogP contribution in [-0.4, -0.2) is 42.3 Å². The van der Waals surface area contributed by atoms with Gasteiger partial charge in [0.15, 0.2) is 0 Å². The molecule has 0 spiro atoms. The highest BCUT2D eigenvalue weighted by Gasteiger charge is 2.31. The lowest BCUT2D eigenvalue weighted by Gasteiger charge is -2.37. The molecule has 0 aromatic heterocycles. The van der Waals surface area contributed by atoms with E-state index in [4.69, 9.17) is 0 Å². The summed E-state index contributed by atoms with van der Waals surface area (Å²) in [5.41, 5.74) is 0.117. The van der Waals surface area contributed by atoms with Gasteiger partial charge in [0, 0.05) is 24.9 Å². The van der Waals surface area contributed by atoms with Crippen LogP contribution >= 0.6 is 11.8 Å². The van der Waals surface area contributed by atoms with Crippen LogP contribution in [0, 0.1) is 5.41 Å². The molecule has 1 aliphatic rings. The van der Waals surface area contributed by atoms with E-state index in [1.807, 2.05) is 0 Å². The molecule has 0 saturated heterocycles. The van der Waals surface area contributed by atoms with Crippen LogP contribution in [-0.2, 0) is 0 Å². The molecule has 2 amide bonds. The maximum Gasteiger partial charge on any atom is 0.315 e. The molecule has 0 aliphatic heterocycles. The number of carbonyl (C=O) groups is 1. The fraction of sp³-hybridized carbons (Fsp3) is 0.933. The van der Waals surface area contributed by atoms with Crippen LogP contribution in [0.25, 0.3) is 0 Å². The third-order valence-electron chi connectivity index (χ3n) is 4.38. The number of urea groups is 1. The van der Waals surface area contributed by atoms with E-state index in [2.05, 4.69) is 23.8 Å². The number of amides is 2. The highest BCUT2D eigenvalue weighted by atomic mass is 32.2. The maximum atomic E-state index is 12.0. The number of aliphatic hydroxyl groups excluding tert-OH is 1. The first-order valence-corrected chi connectivity index (χ1v) is 9.19. The molecule has 20 heavy (non-hydrogen) atoms. The number of hydrogen-bond donors (Lipinski definition) is 3. The van der Waals surface area contributed by atoms with Gasteiger partial charge in [-0.05, 0) is 37.4 Å². The molecule has 0 aromatic rings. The second kappa shape index (κ2) is 9.50. The summed E-state index contributed by atoms with van der Waals surface area (Å²) in [6, 6.07) is 0.180. The van der Waals surface area contributed by atoms with Crippen molar-refractivity contribution in [3.8, 4) is 0 Å². The standard InChI is InChI=1S/C15H30N2O2S/c1-3-13(11-20-2)17-14(19)16-12-15(9-10-18)7-5-4-6-8-15/h13,18H,3-12H2,1-2H3,(H2,16,17,19). The van der Waals surface area contributed by atoms with Crippen LogP contribution in [0.15, 0.2) is 0 Å². The van der Waals surface area contributed by atoms with E-state index in [9.17, 15) is 9.90 Å². The minimum absolute atomic E-state index is 0.0613. The summed E-state index contributed by atoms with van der Waals surface area (Å²) in [5.74, 6) is 0.950. The number of aliphatic hydroxyl groups is 1. The van der Waals surface area contributed by atoms with Crippen molar-refractivity contribution in [1.29, 1.82) is 0 Å². The maximum absolute atomic E-state index is 12.0. The molecular weight excluding hydrogens is 272 g/mol. The van der Waals surface area contributed by atoms with Crippen molar-refractivity contribution in [1.82, 2.24) is 10.6 Å². The Labute approximate surface area is 127 Å². The van der Waals surface area contributed by atoms with Gasteiger partial charge >= 0.3 is 6.03 Å². The molecule has 1 unspecified atom stereocenters. The van der Waals surface area contributed by atoms with E-state index in [0.717, 1.165) is 31.4 Å². The highest BCUT2D eigenvalue weighted by molar-refractivity contribution is 7.98. The number of rotatable bonds is 8. The van der Waals surface area contributed by atoms with Crippen molar-refractivity contribution in [3.05, 3.63) is 0 Å². The summed E-state index contributed by atoms with van der Waals surface area (Å²) in [6.45, 7) is 3.00.